The van der Waals surface area contributed by atoms with E-state index in [1.165, 1.54) is 12.1 Å². The van der Waals surface area contributed by atoms with Gasteiger partial charge in [-0.15, -0.1) is 0 Å². The summed E-state index contributed by atoms with van der Waals surface area (Å²) >= 11 is 0. The topological polar surface area (TPSA) is 99.6 Å². The smallest absolute Gasteiger partial charge is 0.148 e. The number of anilines is 3. The number of nitrogens with two attached hydrogens (primary N) is 1. The Morgan fingerprint density at radius 2 is 2.05 bits per heavy atom. The molecule has 0 aliphatic heterocycles. The van der Waals surface area contributed by atoms with Crippen molar-refractivity contribution in [1.29, 1.82) is 5.26 Å². The Morgan fingerprint density at radius 1 is 1.33 bits per heavy atom. The first kappa shape index (κ1) is 14.7. The number of rotatable bonds is 4. The lowest BCUT2D eigenvalue weighted by Gasteiger charge is -2.14. The third-order valence-corrected chi connectivity index (χ3v) is 3.02. The van der Waals surface area contributed by atoms with Gasteiger partial charge in [-0.2, -0.15) is 5.26 Å². The summed E-state index contributed by atoms with van der Waals surface area (Å²) in [7, 11) is 0. The third-order valence-electron chi connectivity index (χ3n) is 3.02. The molecule has 0 bridgehead atoms. The van der Waals surface area contributed by atoms with Crippen molar-refractivity contribution in [2.24, 2.45) is 5.84 Å². The Kier molecular flexibility index (Phi) is 4.30. The average molecular weight is 286 g/mol. The van der Waals surface area contributed by atoms with Gasteiger partial charge in [-0.05, 0) is 19.1 Å². The lowest BCUT2D eigenvalue weighted by molar-refractivity contribution is 0.624. The van der Waals surface area contributed by atoms with E-state index in [2.05, 4.69) is 20.7 Å². The van der Waals surface area contributed by atoms with Gasteiger partial charge in [-0.25, -0.2) is 20.2 Å². The molecule has 1 aromatic heterocycles. The molecule has 6 nitrogen and oxygen atoms in total. The zero-order valence-corrected chi connectivity index (χ0v) is 11.7. The van der Waals surface area contributed by atoms with Gasteiger partial charge in [-0.1, -0.05) is 13.0 Å². The lowest BCUT2D eigenvalue weighted by atomic mass is 10.1. The molecule has 1 aromatic carbocycles. The van der Waals surface area contributed by atoms with Crippen LogP contribution in [0, 0.1) is 24.1 Å². The first-order chi connectivity index (χ1) is 10.1. The molecule has 1 heterocycles. The lowest BCUT2D eigenvalue weighted by Crippen LogP contribution is -2.14. The van der Waals surface area contributed by atoms with E-state index in [9.17, 15) is 4.39 Å². The quantitative estimate of drug-likeness (QED) is 0.589. The van der Waals surface area contributed by atoms with E-state index in [0.717, 1.165) is 0 Å². The molecule has 0 saturated heterocycles. The van der Waals surface area contributed by atoms with Crippen LogP contribution in [-0.4, -0.2) is 9.97 Å². The van der Waals surface area contributed by atoms with Gasteiger partial charge in [0.1, 0.15) is 34.9 Å². The highest BCUT2D eigenvalue weighted by Gasteiger charge is 2.13. The molecule has 0 amide bonds. The van der Waals surface area contributed by atoms with Crippen LogP contribution in [0.5, 0.6) is 0 Å². The zero-order chi connectivity index (χ0) is 15.4. The third kappa shape index (κ3) is 2.90. The fourth-order valence-electron chi connectivity index (χ4n) is 1.85. The second kappa shape index (κ2) is 6.15. The summed E-state index contributed by atoms with van der Waals surface area (Å²) in [4.78, 5) is 8.60. The minimum absolute atomic E-state index is 0.0594. The van der Waals surface area contributed by atoms with Crippen molar-refractivity contribution in [3.05, 3.63) is 41.0 Å². The zero-order valence-electron chi connectivity index (χ0n) is 11.7. The van der Waals surface area contributed by atoms with Crippen LogP contribution in [-0.2, 0) is 6.42 Å². The highest BCUT2D eigenvalue weighted by atomic mass is 19.1. The Bertz CT molecular complexity index is 707. The van der Waals surface area contributed by atoms with Crippen LogP contribution in [0.2, 0.25) is 0 Å². The van der Waals surface area contributed by atoms with Gasteiger partial charge in [0.05, 0.1) is 5.69 Å². The monoisotopic (exact) mass is 286 g/mol. The predicted octanol–water partition coefficient (Wildman–Crippen LogP) is 2.39. The molecule has 0 unspecified atom stereocenters. The minimum Gasteiger partial charge on any atom is -0.339 e. The van der Waals surface area contributed by atoms with E-state index in [4.69, 9.17) is 11.1 Å². The molecule has 2 rings (SSSR count). The van der Waals surface area contributed by atoms with Gasteiger partial charge >= 0.3 is 0 Å². The summed E-state index contributed by atoms with van der Waals surface area (Å²) < 4.78 is 13.6. The maximum atomic E-state index is 13.6. The van der Waals surface area contributed by atoms with Crippen LogP contribution in [0.3, 0.4) is 0 Å². The number of aryl methyl sites for hydroxylation is 1. The maximum Gasteiger partial charge on any atom is 0.148 e. The first-order valence-corrected chi connectivity index (χ1v) is 6.40. The van der Waals surface area contributed by atoms with E-state index in [0.29, 0.717) is 35.1 Å². The van der Waals surface area contributed by atoms with Crippen molar-refractivity contribution < 1.29 is 4.39 Å². The second-order valence-corrected chi connectivity index (χ2v) is 4.36. The van der Waals surface area contributed by atoms with E-state index in [1.54, 1.807) is 13.0 Å². The van der Waals surface area contributed by atoms with Crippen LogP contribution in [0.15, 0.2) is 18.2 Å². The number of aromatic nitrogens is 2. The van der Waals surface area contributed by atoms with Crippen LogP contribution in [0.25, 0.3) is 0 Å². The molecule has 2 aromatic rings. The molecule has 108 valence electrons. The van der Waals surface area contributed by atoms with Crippen molar-refractivity contribution >= 4 is 17.3 Å². The van der Waals surface area contributed by atoms with Crippen LogP contribution in [0.1, 0.15) is 23.9 Å². The average Bonchev–Trinajstić information content (AvgIpc) is 2.49. The standard InChI is InChI=1S/C14H15FN6/c1-3-12-19-13(8(2)14(20-12)21-17)18-11-6-4-5-10(15)9(11)7-16/h4-6H,3,17H2,1-2H3,(H2,18,19,20,21). The fourth-order valence-corrected chi connectivity index (χ4v) is 1.85. The molecule has 0 saturated carbocycles. The molecule has 0 radical (unpaired) electrons. The Balaban J connectivity index is 2.50. The summed E-state index contributed by atoms with van der Waals surface area (Å²) in [6.07, 6.45) is 0.623. The summed E-state index contributed by atoms with van der Waals surface area (Å²) in [5.41, 5.74) is 3.48. The van der Waals surface area contributed by atoms with E-state index < -0.39 is 5.82 Å². The molecule has 21 heavy (non-hydrogen) atoms. The first-order valence-electron chi connectivity index (χ1n) is 6.40. The van der Waals surface area contributed by atoms with Crippen molar-refractivity contribution in [2.75, 3.05) is 10.7 Å². The van der Waals surface area contributed by atoms with E-state index in [-0.39, 0.29) is 5.56 Å². The van der Waals surface area contributed by atoms with Gasteiger partial charge in [0.25, 0.3) is 0 Å². The van der Waals surface area contributed by atoms with Gasteiger partial charge in [-0.3, -0.25) is 0 Å². The van der Waals surface area contributed by atoms with Crippen molar-refractivity contribution in [1.82, 2.24) is 9.97 Å². The van der Waals surface area contributed by atoms with Crippen molar-refractivity contribution in [3.63, 3.8) is 0 Å². The molecule has 0 fully saturated rings. The second-order valence-electron chi connectivity index (χ2n) is 4.36. The molecule has 0 spiro atoms. The molecule has 7 heteroatoms. The number of nitrogens with one attached hydrogen (secondary N) is 2. The fraction of sp³-hybridized carbons (Fsp3) is 0.214. The largest absolute Gasteiger partial charge is 0.339 e. The molecular weight excluding hydrogens is 271 g/mol. The Labute approximate surface area is 121 Å². The number of hydrogen-bond donors (Lipinski definition) is 3. The molecule has 0 atom stereocenters. The number of nitrogen functional groups attached to an aromatic ring is 1. The van der Waals surface area contributed by atoms with Gasteiger partial charge in [0, 0.05) is 12.0 Å². The molecule has 4 N–H and O–H groups in total. The highest BCUT2D eigenvalue weighted by molar-refractivity contribution is 5.69. The number of hydrazine groups is 1. The molecule has 0 aliphatic carbocycles. The van der Waals surface area contributed by atoms with Crippen LogP contribution in [0.4, 0.5) is 21.7 Å². The number of hydrogen-bond acceptors (Lipinski definition) is 6. The van der Waals surface area contributed by atoms with Gasteiger partial charge in [0.2, 0.25) is 0 Å². The van der Waals surface area contributed by atoms with Crippen molar-refractivity contribution in [3.8, 4) is 6.07 Å². The highest BCUT2D eigenvalue weighted by Crippen LogP contribution is 2.26. The SMILES string of the molecule is CCc1nc(NN)c(C)c(Nc2cccc(F)c2C#N)n1. The summed E-state index contributed by atoms with van der Waals surface area (Å²) in [6, 6.07) is 6.22. The van der Waals surface area contributed by atoms with Gasteiger partial charge in [0.15, 0.2) is 0 Å². The minimum atomic E-state index is -0.581. The molecular formula is C14H15FN6. The van der Waals surface area contributed by atoms with Crippen molar-refractivity contribution in [2.45, 2.75) is 20.3 Å². The number of halogens is 1. The van der Waals surface area contributed by atoms with Gasteiger partial charge < -0.3 is 10.7 Å². The normalized spacial score (nSPS) is 10.0. The Hall–Kier alpha value is -2.72. The number of nitrogens with zero attached hydrogens (tertiary/aromatic N) is 3. The van der Waals surface area contributed by atoms with Crippen LogP contribution >= 0.6 is 0 Å². The maximum absolute atomic E-state index is 13.6. The molecule has 0 aliphatic rings. The summed E-state index contributed by atoms with van der Waals surface area (Å²) in [5, 5.41) is 12.0. The number of benzene rings is 1. The Morgan fingerprint density at radius 3 is 2.67 bits per heavy atom. The van der Waals surface area contributed by atoms with E-state index >= 15 is 0 Å². The summed E-state index contributed by atoms with van der Waals surface area (Å²) in [6.45, 7) is 3.69. The number of nitriles is 1. The van der Waals surface area contributed by atoms with Crippen LogP contribution < -0.4 is 16.6 Å². The summed E-state index contributed by atoms with van der Waals surface area (Å²) in [5.74, 6) is 6.41. The predicted molar refractivity (Wildman–Crippen MR) is 78.4 cm³/mol. The van der Waals surface area contributed by atoms with E-state index in [1.807, 2.05) is 13.0 Å².